The monoisotopic (exact) mass is 416 g/mol. The molecule has 0 aliphatic rings. The number of benzene rings is 4. The average molecular weight is 416 g/mol. The number of hydrogen-bond donors (Lipinski definition) is 2. The first-order valence-corrected chi connectivity index (χ1v) is 10.4. The first-order chi connectivity index (χ1) is 15.7. The molecule has 0 atom stereocenters. The molecule has 0 aliphatic carbocycles. The van der Waals surface area contributed by atoms with Crippen molar-refractivity contribution in [3.63, 3.8) is 0 Å². The molecule has 0 bridgehead atoms. The van der Waals surface area contributed by atoms with E-state index in [9.17, 15) is 9.59 Å². The number of nitrogens with one attached hydrogen (secondary N) is 2. The van der Waals surface area contributed by atoms with E-state index in [0.717, 1.165) is 22.0 Å². The van der Waals surface area contributed by atoms with Gasteiger partial charge in [0.25, 0.3) is 5.91 Å². The number of H-pyrrole nitrogens is 1. The van der Waals surface area contributed by atoms with Crippen LogP contribution in [0.15, 0.2) is 109 Å². The van der Waals surface area contributed by atoms with Crippen LogP contribution in [-0.2, 0) is 0 Å². The van der Waals surface area contributed by atoms with Gasteiger partial charge >= 0.3 is 0 Å². The molecule has 4 heteroatoms. The first kappa shape index (κ1) is 19.5. The standard InChI is InChI=1S/C28H20N2O2/c31-27(20-13-5-2-6-14-20)22-16-8-10-18-24(22)30-28(32)26-25(19-11-3-1-4-12-19)21-15-7-9-17-23(21)29-26/h1-18,29H,(H,30,32). The Morgan fingerprint density at radius 2 is 1.28 bits per heavy atom. The Bertz CT molecular complexity index is 1420. The molecular formula is C28H20N2O2. The maximum atomic E-state index is 13.4. The molecule has 0 radical (unpaired) electrons. The van der Waals surface area contributed by atoms with Gasteiger partial charge in [-0.1, -0.05) is 91.0 Å². The van der Waals surface area contributed by atoms with E-state index in [1.807, 2.05) is 72.8 Å². The molecule has 4 aromatic carbocycles. The molecule has 4 nitrogen and oxygen atoms in total. The third-order valence-electron chi connectivity index (χ3n) is 5.45. The number of fused-ring (bicyclic) bond motifs is 1. The van der Waals surface area contributed by atoms with E-state index in [-0.39, 0.29) is 11.7 Å². The molecule has 0 aliphatic heterocycles. The zero-order chi connectivity index (χ0) is 21.9. The highest BCUT2D eigenvalue weighted by Gasteiger charge is 2.21. The van der Waals surface area contributed by atoms with E-state index >= 15 is 0 Å². The minimum Gasteiger partial charge on any atom is -0.350 e. The van der Waals surface area contributed by atoms with E-state index in [2.05, 4.69) is 10.3 Å². The minimum absolute atomic E-state index is 0.138. The van der Waals surface area contributed by atoms with Gasteiger partial charge in [-0.25, -0.2) is 0 Å². The van der Waals surface area contributed by atoms with Crippen molar-refractivity contribution in [3.8, 4) is 11.1 Å². The fourth-order valence-electron chi connectivity index (χ4n) is 3.94. The minimum atomic E-state index is -0.298. The molecular weight excluding hydrogens is 396 g/mol. The molecule has 0 saturated carbocycles. The molecule has 32 heavy (non-hydrogen) atoms. The lowest BCUT2D eigenvalue weighted by atomic mass is 10.0. The fraction of sp³-hybridized carbons (Fsp3) is 0. The molecule has 5 aromatic rings. The van der Waals surface area contributed by atoms with Crippen molar-refractivity contribution in [1.82, 2.24) is 4.98 Å². The van der Waals surface area contributed by atoms with Crippen LogP contribution in [0.5, 0.6) is 0 Å². The maximum Gasteiger partial charge on any atom is 0.272 e. The van der Waals surface area contributed by atoms with Crippen molar-refractivity contribution in [3.05, 3.63) is 126 Å². The summed E-state index contributed by atoms with van der Waals surface area (Å²) in [5.41, 5.74) is 4.62. The Morgan fingerprint density at radius 3 is 2.06 bits per heavy atom. The molecule has 5 rings (SSSR count). The quantitative estimate of drug-likeness (QED) is 0.329. The van der Waals surface area contributed by atoms with Crippen LogP contribution in [0.25, 0.3) is 22.0 Å². The summed E-state index contributed by atoms with van der Waals surface area (Å²) in [7, 11) is 0. The highest BCUT2D eigenvalue weighted by atomic mass is 16.2. The topological polar surface area (TPSA) is 62.0 Å². The molecule has 1 heterocycles. The number of para-hydroxylation sites is 2. The van der Waals surface area contributed by atoms with Gasteiger partial charge in [0.05, 0.1) is 5.69 Å². The van der Waals surface area contributed by atoms with E-state index in [0.29, 0.717) is 22.5 Å². The Morgan fingerprint density at radius 1 is 0.656 bits per heavy atom. The highest BCUT2D eigenvalue weighted by Crippen LogP contribution is 2.33. The summed E-state index contributed by atoms with van der Waals surface area (Å²) in [5, 5.41) is 3.93. The van der Waals surface area contributed by atoms with Gasteiger partial charge in [-0.05, 0) is 23.8 Å². The molecule has 2 N–H and O–H groups in total. The summed E-state index contributed by atoms with van der Waals surface area (Å²) in [6.45, 7) is 0. The largest absolute Gasteiger partial charge is 0.350 e. The van der Waals surface area contributed by atoms with Crippen molar-refractivity contribution in [2.45, 2.75) is 0 Å². The van der Waals surface area contributed by atoms with Gasteiger partial charge in [-0.15, -0.1) is 0 Å². The lowest BCUT2D eigenvalue weighted by Gasteiger charge is -2.11. The molecule has 0 unspecified atom stereocenters. The van der Waals surface area contributed by atoms with E-state index < -0.39 is 0 Å². The second-order valence-corrected chi connectivity index (χ2v) is 7.48. The zero-order valence-corrected chi connectivity index (χ0v) is 17.2. The van der Waals surface area contributed by atoms with Gasteiger partial charge in [-0.3, -0.25) is 9.59 Å². The van der Waals surface area contributed by atoms with Crippen LogP contribution < -0.4 is 5.32 Å². The summed E-state index contributed by atoms with van der Waals surface area (Å²) in [6.07, 6.45) is 0. The summed E-state index contributed by atoms with van der Waals surface area (Å²) >= 11 is 0. The third-order valence-corrected chi connectivity index (χ3v) is 5.45. The van der Waals surface area contributed by atoms with Crippen molar-refractivity contribution in [1.29, 1.82) is 0 Å². The van der Waals surface area contributed by atoms with Crippen LogP contribution in [0.2, 0.25) is 0 Å². The predicted octanol–water partition coefficient (Wildman–Crippen LogP) is 6.32. The Balaban J connectivity index is 1.56. The van der Waals surface area contributed by atoms with Crippen molar-refractivity contribution < 1.29 is 9.59 Å². The second-order valence-electron chi connectivity index (χ2n) is 7.48. The van der Waals surface area contributed by atoms with E-state index in [1.165, 1.54) is 0 Å². The van der Waals surface area contributed by atoms with Crippen LogP contribution in [0.1, 0.15) is 26.4 Å². The van der Waals surface area contributed by atoms with Gasteiger partial charge in [0, 0.05) is 27.6 Å². The van der Waals surface area contributed by atoms with Crippen LogP contribution in [0, 0.1) is 0 Å². The van der Waals surface area contributed by atoms with Crippen molar-refractivity contribution in [2.75, 3.05) is 5.32 Å². The second kappa shape index (κ2) is 8.36. The lowest BCUT2D eigenvalue weighted by molar-refractivity contribution is 0.102. The van der Waals surface area contributed by atoms with Gasteiger partial charge in [-0.2, -0.15) is 0 Å². The maximum absolute atomic E-state index is 13.4. The summed E-state index contributed by atoms with van der Waals surface area (Å²) < 4.78 is 0. The smallest absolute Gasteiger partial charge is 0.272 e. The van der Waals surface area contributed by atoms with Crippen LogP contribution in [0.4, 0.5) is 5.69 Å². The zero-order valence-electron chi connectivity index (χ0n) is 17.2. The number of hydrogen-bond acceptors (Lipinski definition) is 2. The Labute approximate surface area is 185 Å². The van der Waals surface area contributed by atoms with Crippen LogP contribution in [0.3, 0.4) is 0 Å². The summed E-state index contributed by atoms with van der Waals surface area (Å²) in [6, 6.07) is 33.8. The highest BCUT2D eigenvalue weighted by molar-refractivity contribution is 6.18. The number of aromatic nitrogens is 1. The fourth-order valence-corrected chi connectivity index (χ4v) is 3.94. The number of anilines is 1. The molecule has 1 aromatic heterocycles. The molecule has 154 valence electrons. The van der Waals surface area contributed by atoms with Gasteiger partial charge in [0.1, 0.15) is 5.69 Å². The Kier molecular flexibility index (Phi) is 5.10. The number of amides is 1. The first-order valence-electron chi connectivity index (χ1n) is 10.4. The van der Waals surface area contributed by atoms with Crippen LogP contribution in [-0.4, -0.2) is 16.7 Å². The normalized spacial score (nSPS) is 10.8. The number of ketones is 1. The van der Waals surface area contributed by atoms with Gasteiger partial charge in [0.15, 0.2) is 5.78 Å². The number of rotatable bonds is 5. The lowest BCUT2D eigenvalue weighted by Crippen LogP contribution is -2.16. The van der Waals surface area contributed by atoms with E-state index in [1.54, 1.807) is 36.4 Å². The van der Waals surface area contributed by atoms with Crippen molar-refractivity contribution >= 4 is 28.3 Å². The average Bonchev–Trinajstić information content (AvgIpc) is 3.25. The van der Waals surface area contributed by atoms with E-state index in [4.69, 9.17) is 0 Å². The Hall–Kier alpha value is -4.44. The van der Waals surface area contributed by atoms with Crippen molar-refractivity contribution in [2.24, 2.45) is 0 Å². The molecule has 0 saturated heterocycles. The number of aromatic amines is 1. The number of carbonyl (C=O) groups excluding carboxylic acids is 2. The third kappa shape index (κ3) is 3.59. The summed E-state index contributed by atoms with van der Waals surface area (Å²) in [4.78, 5) is 29.8. The summed E-state index contributed by atoms with van der Waals surface area (Å²) in [5.74, 6) is -0.435. The predicted molar refractivity (Wildman–Crippen MR) is 128 cm³/mol. The molecule has 0 fully saturated rings. The van der Waals surface area contributed by atoms with Gasteiger partial charge < -0.3 is 10.3 Å². The SMILES string of the molecule is O=C(c1ccccc1)c1ccccc1NC(=O)c1[nH]c2ccccc2c1-c1ccccc1. The molecule has 0 spiro atoms. The van der Waals surface area contributed by atoms with Crippen LogP contribution >= 0.6 is 0 Å². The van der Waals surface area contributed by atoms with Gasteiger partial charge in [0.2, 0.25) is 0 Å². The number of carbonyl (C=O) groups is 2. The molecule has 1 amide bonds.